The van der Waals surface area contributed by atoms with Crippen molar-refractivity contribution in [2.24, 2.45) is 0 Å². The number of fused-ring (bicyclic) bond motifs is 3. The highest BCUT2D eigenvalue weighted by atomic mass is 16.3. The number of aliphatic hydroxyl groups is 2. The first-order valence-corrected chi connectivity index (χ1v) is 6.78. The van der Waals surface area contributed by atoms with Crippen LogP contribution in [0.25, 0.3) is 17.2 Å². The first-order chi connectivity index (χ1) is 9.56. The average Bonchev–Trinajstić information content (AvgIpc) is 2.44. The van der Waals surface area contributed by atoms with Gasteiger partial charge in [0.1, 0.15) is 12.2 Å². The predicted molar refractivity (Wildman–Crippen MR) is 81.4 cm³/mol. The molecule has 0 bridgehead atoms. The monoisotopic (exact) mass is 266 g/mol. The summed E-state index contributed by atoms with van der Waals surface area (Å²) in [5, 5.41) is 20.8. The standard InChI is InChI=1S/C18H18O2/c1-4-12-10(2)8-9-14-16(12)13-7-5-6-11(3)15(13)18(20)17(14)19/h4-9,17-20H,1H2,2-3H3. The van der Waals surface area contributed by atoms with E-state index in [4.69, 9.17) is 0 Å². The quantitative estimate of drug-likeness (QED) is 0.826. The molecule has 0 aliphatic heterocycles. The Morgan fingerprint density at radius 2 is 1.75 bits per heavy atom. The van der Waals surface area contributed by atoms with Crippen LogP contribution < -0.4 is 0 Å². The van der Waals surface area contributed by atoms with E-state index in [0.717, 1.165) is 38.9 Å². The van der Waals surface area contributed by atoms with E-state index in [9.17, 15) is 10.2 Å². The van der Waals surface area contributed by atoms with Gasteiger partial charge in [-0.3, -0.25) is 0 Å². The van der Waals surface area contributed by atoms with Gasteiger partial charge in [0.15, 0.2) is 0 Å². The highest BCUT2D eigenvalue weighted by molar-refractivity contribution is 5.84. The summed E-state index contributed by atoms with van der Waals surface area (Å²) in [6.07, 6.45) is 0.0574. The molecule has 102 valence electrons. The summed E-state index contributed by atoms with van der Waals surface area (Å²) in [6.45, 7) is 7.89. The van der Waals surface area contributed by atoms with Crippen LogP contribution in [0.2, 0.25) is 0 Å². The molecule has 2 N–H and O–H groups in total. The predicted octanol–water partition coefficient (Wildman–Crippen LogP) is 3.69. The van der Waals surface area contributed by atoms with E-state index in [1.165, 1.54) is 0 Å². The lowest BCUT2D eigenvalue weighted by Gasteiger charge is -2.32. The molecule has 2 unspecified atom stereocenters. The maximum Gasteiger partial charge on any atom is 0.110 e. The number of benzene rings is 2. The molecule has 0 aromatic heterocycles. The number of rotatable bonds is 1. The summed E-state index contributed by atoms with van der Waals surface area (Å²) < 4.78 is 0. The normalized spacial score (nSPS) is 20.2. The summed E-state index contributed by atoms with van der Waals surface area (Å²) >= 11 is 0. The smallest absolute Gasteiger partial charge is 0.110 e. The Bertz CT molecular complexity index is 701. The van der Waals surface area contributed by atoms with Crippen molar-refractivity contribution >= 4 is 6.08 Å². The SMILES string of the molecule is C=Cc1c(C)ccc2c1-c1cccc(C)c1C(O)C2O. The van der Waals surface area contributed by atoms with E-state index in [2.05, 4.69) is 6.58 Å². The lowest BCUT2D eigenvalue weighted by atomic mass is 9.77. The molecule has 2 nitrogen and oxygen atoms in total. The lowest BCUT2D eigenvalue weighted by molar-refractivity contribution is 0.0154. The fraction of sp³-hybridized carbons (Fsp3) is 0.222. The fourth-order valence-electron chi connectivity index (χ4n) is 3.17. The lowest BCUT2D eigenvalue weighted by Crippen LogP contribution is -2.19. The van der Waals surface area contributed by atoms with Gasteiger partial charge in [-0.25, -0.2) is 0 Å². The van der Waals surface area contributed by atoms with Crippen molar-refractivity contribution in [2.75, 3.05) is 0 Å². The highest BCUT2D eigenvalue weighted by Crippen LogP contribution is 2.47. The van der Waals surface area contributed by atoms with E-state index >= 15 is 0 Å². The summed E-state index contributed by atoms with van der Waals surface area (Å²) in [5.41, 5.74) is 6.73. The van der Waals surface area contributed by atoms with Crippen molar-refractivity contribution in [3.63, 3.8) is 0 Å². The largest absolute Gasteiger partial charge is 0.385 e. The van der Waals surface area contributed by atoms with Crippen LogP contribution in [0, 0.1) is 13.8 Å². The van der Waals surface area contributed by atoms with Gasteiger partial charge in [0.25, 0.3) is 0 Å². The average molecular weight is 266 g/mol. The van der Waals surface area contributed by atoms with Crippen LogP contribution in [0.3, 0.4) is 0 Å². The number of aliphatic hydroxyl groups excluding tert-OH is 2. The van der Waals surface area contributed by atoms with Gasteiger partial charge in [-0.05, 0) is 52.8 Å². The first-order valence-electron chi connectivity index (χ1n) is 6.78. The maximum absolute atomic E-state index is 10.4. The van der Waals surface area contributed by atoms with Crippen molar-refractivity contribution in [2.45, 2.75) is 26.1 Å². The van der Waals surface area contributed by atoms with Crippen molar-refractivity contribution in [1.29, 1.82) is 0 Å². The molecule has 0 fully saturated rings. The Hall–Kier alpha value is -1.90. The van der Waals surface area contributed by atoms with Gasteiger partial charge in [-0.15, -0.1) is 0 Å². The van der Waals surface area contributed by atoms with Crippen molar-refractivity contribution in [1.82, 2.24) is 0 Å². The Balaban J connectivity index is 2.44. The van der Waals surface area contributed by atoms with E-state index < -0.39 is 12.2 Å². The summed E-state index contributed by atoms with van der Waals surface area (Å²) in [4.78, 5) is 0. The van der Waals surface area contributed by atoms with E-state index in [-0.39, 0.29) is 0 Å². The number of hydrogen-bond acceptors (Lipinski definition) is 2. The van der Waals surface area contributed by atoms with Crippen LogP contribution in [0.5, 0.6) is 0 Å². The second-order valence-electron chi connectivity index (χ2n) is 5.39. The molecule has 0 saturated heterocycles. The summed E-state index contributed by atoms with van der Waals surface area (Å²) in [5.74, 6) is 0. The van der Waals surface area contributed by atoms with Gasteiger partial charge in [0.05, 0.1) is 0 Å². The van der Waals surface area contributed by atoms with Crippen molar-refractivity contribution in [3.8, 4) is 11.1 Å². The van der Waals surface area contributed by atoms with Gasteiger partial charge in [-0.1, -0.05) is 43.0 Å². The minimum absolute atomic E-state index is 0.774. The Morgan fingerprint density at radius 1 is 1.00 bits per heavy atom. The molecular weight excluding hydrogens is 248 g/mol. The molecule has 20 heavy (non-hydrogen) atoms. The third-order valence-corrected chi connectivity index (χ3v) is 4.21. The second kappa shape index (κ2) is 4.58. The zero-order valence-electron chi connectivity index (χ0n) is 11.7. The molecule has 0 saturated carbocycles. The van der Waals surface area contributed by atoms with Gasteiger partial charge in [0, 0.05) is 0 Å². The molecule has 3 rings (SSSR count). The molecule has 2 aromatic carbocycles. The van der Waals surface area contributed by atoms with E-state index in [0.29, 0.717) is 0 Å². The van der Waals surface area contributed by atoms with Gasteiger partial charge in [0.2, 0.25) is 0 Å². The van der Waals surface area contributed by atoms with Gasteiger partial charge >= 0.3 is 0 Å². The minimum Gasteiger partial charge on any atom is -0.385 e. The molecule has 2 aromatic rings. The summed E-state index contributed by atoms with van der Waals surface area (Å²) in [7, 11) is 0. The third-order valence-electron chi connectivity index (χ3n) is 4.21. The van der Waals surface area contributed by atoms with E-state index in [1.807, 2.05) is 50.3 Å². The molecule has 2 atom stereocenters. The van der Waals surface area contributed by atoms with Crippen molar-refractivity contribution < 1.29 is 10.2 Å². The zero-order chi connectivity index (χ0) is 14.4. The zero-order valence-corrected chi connectivity index (χ0v) is 11.7. The number of hydrogen-bond donors (Lipinski definition) is 2. The van der Waals surface area contributed by atoms with Gasteiger partial charge in [-0.2, -0.15) is 0 Å². The van der Waals surface area contributed by atoms with Crippen LogP contribution in [-0.2, 0) is 0 Å². The fourth-order valence-corrected chi connectivity index (χ4v) is 3.17. The molecular formula is C18H18O2. The molecule has 0 spiro atoms. The number of aryl methyl sites for hydroxylation is 2. The van der Waals surface area contributed by atoms with Crippen LogP contribution in [0.15, 0.2) is 36.9 Å². The summed E-state index contributed by atoms with van der Waals surface area (Å²) in [6, 6.07) is 9.81. The van der Waals surface area contributed by atoms with Crippen LogP contribution in [0.4, 0.5) is 0 Å². The molecule has 0 heterocycles. The Labute approximate surface area is 119 Å². The molecule has 0 amide bonds. The van der Waals surface area contributed by atoms with Crippen LogP contribution in [-0.4, -0.2) is 10.2 Å². The molecule has 1 aliphatic rings. The highest BCUT2D eigenvalue weighted by Gasteiger charge is 2.33. The van der Waals surface area contributed by atoms with Crippen molar-refractivity contribution in [3.05, 3.63) is 64.7 Å². The Morgan fingerprint density at radius 3 is 2.45 bits per heavy atom. The maximum atomic E-state index is 10.4. The van der Waals surface area contributed by atoms with Crippen LogP contribution in [0.1, 0.15) is 40.0 Å². The van der Waals surface area contributed by atoms with E-state index in [1.54, 1.807) is 0 Å². The topological polar surface area (TPSA) is 40.5 Å². The second-order valence-corrected chi connectivity index (χ2v) is 5.39. The molecule has 2 heteroatoms. The van der Waals surface area contributed by atoms with Gasteiger partial charge < -0.3 is 10.2 Å². The minimum atomic E-state index is -0.891. The molecule has 0 radical (unpaired) electrons. The Kier molecular flexibility index (Phi) is 3.00. The molecule has 1 aliphatic carbocycles. The third kappa shape index (κ3) is 1.65. The van der Waals surface area contributed by atoms with Crippen LogP contribution >= 0.6 is 0 Å². The first kappa shape index (κ1) is 13.1.